The van der Waals surface area contributed by atoms with Gasteiger partial charge in [0.25, 0.3) is 11.8 Å². The average Bonchev–Trinajstić information content (AvgIpc) is 3.35. The van der Waals surface area contributed by atoms with Gasteiger partial charge in [-0.2, -0.15) is 26.3 Å². The van der Waals surface area contributed by atoms with Crippen molar-refractivity contribution >= 4 is 33.8 Å². The van der Waals surface area contributed by atoms with Crippen molar-refractivity contribution in [2.45, 2.75) is 30.8 Å². The molecule has 0 aliphatic carbocycles. The number of aliphatic carboxylic acids is 1. The molecule has 1 amide bonds. The zero-order valence-corrected chi connectivity index (χ0v) is 20.4. The van der Waals surface area contributed by atoms with E-state index in [0.717, 1.165) is 10.3 Å². The Hall–Kier alpha value is -4.50. The number of fused-ring (bicyclic) bond motifs is 2. The first-order chi connectivity index (χ1) is 19.1. The first-order valence-corrected chi connectivity index (χ1v) is 11.6. The van der Waals surface area contributed by atoms with Gasteiger partial charge in [0, 0.05) is 24.4 Å². The van der Waals surface area contributed by atoms with E-state index in [1.54, 1.807) is 18.2 Å². The minimum Gasteiger partial charge on any atom is -0.475 e. The zero-order chi connectivity index (χ0) is 30.2. The number of hydrogen-bond acceptors (Lipinski definition) is 5. The van der Waals surface area contributed by atoms with Crippen molar-refractivity contribution in [3.05, 3.63) is 66.0 Å². The molecule has 0 spiro atoms. The number of pyridine rings is 1. The highest BCUT2D eigenvalue weighted by Gasteiger charge is 2.47. The number of para-hydroxylation sites is 2. The number of hydrogen-bond donors (Lipinski definition) is 2. The van der Waals surface area contributed by atoms with Crippen molar-refractivity contribution < 1.29 is 54.6 Å². The topological polar surface area (TPSA) is 108 Å². The predicted molar refractivity (Wildman–Crippen MR) is 126 cm³/mol. The van der Waals surface area contributed by atoms with E-state index in [0.29, 0.717) is 5.52 Å². The molecule has 0 unspecified atom stereocenters. The summed E-state index contributed by atoms with van der Waals surface area (Å²) in [5, 5.41) is 7.94. The number of piperidine rings is 1. The van der Waals surface area contributed by atoms with Crippen molar-refractivity contribution in [2.24, 2.45) is 0 Å². The van der Waals surface area contributed by atoms with Crippen LogP contribution in [-0.2, 0) is 11.0 Å². The Morgan fingerprint density at radius 3 is 2.32 bits per heavy atom. The summed E-state index contributed by atoms with van der Waals surface area (Å²) in [6, 6.07) is 14.4. The molecule has 3 heterocycles. The Balaban J connectivity index is 0.000000493. The Morgan fingerprint density at radius 1 is 0.976 bits per heavy atom. The number of aromatic amines is 1. The molecule has 2 aromatic carbocycles. The van der Waals surface area contributed by atoms with E-state index in [2.05, 4.69) is 15.0 Å². The predicted octanol–water partition coefficient (Wildman–Crippen LogP) is 5.69. The van der Waals surface area contributed by atoms with Gasteiger partial charge in [-0.05, 0) is 24.3 Å². The van der Waals surface area contributed by atoms with E-state index in [4.69, 9.17) is 14.6 Å². The summed E-state index contributed by atoms with van der Waals surface area (Å²) in [7, 11) is 0. The smallest absolute Gasteiger partial charge is 0.475 e. The van der Waals surface area contributed by atoms with Gasteiger partial charge in [0.15, 0.2) is 6.10 Å². The van der Waals surface area contributed by atoms with Crippen molar-refractivity contribution in [1.29, 1.82) is 0 Å². The third kappa shape index (κ3) is 6.63. The summed E-state index contributed by atoms with van der Waals surface area (Å²) < 4.78 is 106. The number of imidazole rings is 1. The van der Waals surface area contributed by atoms with Crippen LogP contribution in [0.3, 0.4) is 0 Å². The second-order valence-corrected chi connectivity index (χ2v) is 8.80. The third-order valence-corrected chi connectivity index (χ3v) is 5.95. The lowest BCUT2D eigenvalue weighted by atomic mass is 10.0. The Labute approximate surface area is 224 Å². The van der Waals surface area contributed by atoms with Crippen LogP contribution in [0.4, 0.5) is 35.1 Å². The zero-order valence-electron chi connectivity index (χ0n) is 20.4. The van der Waals surface area contributed by atoms with E-state index in [1.165, 1.54) is 24.3 Å². The number of ether oxygens (including phenoxy) is 1. The van der Waals surface area contributed by atoms with Gasteiger partial charge in [-0.1, -0.05) is 24.3 Å². The standard InChI is InChI=1S/C23H17F5N4O2.C2HF3O2/c24-22(25)10-11-32(12-17(22)34-18-9-8-13-4-1-2-6-15(13)29-18)20(33)14-5-3-7-16-19(14)31-21(30-16)23(26,27)28;3-2(4,5)1(6)7/h1-9,17H,10-12H2,(H,30,31);(H,6,7)/t17-;/m0./s1. The summed E-state index contributed by atoms with van der Waals surface area (Å²) >= 11 is 0. The molecule has 1 fully saturated rings. The first kappa shape index (κ1) is 29.5. The number of rotatable bonds is 3. The molecule has 0 bridgehead atoms. The van der Waals surface area contributed by atoms with Crippen LogP contribution in [0.25, 0.3) is 21.9 Å². The maximum absolute atomic E-state index is 14.7. The van der Waals surface area contributed by atoms with Crippen LogP contribution in [0.5, 0.6) is 5.88 Å². The number of carbonyl (C=O) groups excluding carboxylic acids is 1. The number of alkyl halides is 8. The maximum atomic E-state index is 14.7. The van der Waals surface area contributed by atoms with Gasteiger partial charge in [-0.15, -0.1) is 0 Å². The summed E-state index contributed by atoms with van der Waals surface area (Å²) in [5.41, 5.74) is 0.300. The van der Waals surface area contributed by atoms with Crippen molar-refractivity contribution in [3.63, 3.8) is 0 Å². The molecular formula is C25H18F8N4O4. The lowest BCUT2D eigenvalue weighted by molar-refractivity contribution is -0.192. The van der Waals surface area contributed by atoms with Crippen molar-refractivity contribution in [2.75, 3.05) is 13.1 Å². The minimum absolute atomic E-state index is 0.0121. The minimum atomic E-state index is -5.08. The molecule has 5 rings (SSSR count). The number of halogens is 8. The third-order valence-electron chi connectivity index (χ3n) is 5.95. The van der Waals surface area contributed by atoms with E-state index in [9.17, 15) is 39.9 Å². The number of likely N-dealkylation sites (tertiary alicyclic amines) is 1. The van der Waals surface area contributed by atoms with Gasteiger partial charge in [-0.25, -0.2) is 23.5 Å². The number of nitrogens with one attached hydrogen (secondary N) is 1. The van der Waals surface area contributed by atoms with Crippen LogP contribution in [0.15, 0.2) is 54.6 Å². The molecule has 1 atom stereocenters. The fraction of sp³-hybridized carbons (Fsp3) is 0.280. The number of nitrogens with zero attached hydrogens (tertiary/aromatic N) is 3. The highest BCUT2D eigenvalue weighted by atomic mass is 19.4. The van der Waals surface area contributed by atoms with Gasteiger partial charge < -0.3 is 19.7 Å². The highest BCUT2D eigenvalue weighted by molar-refractivity contribution is 6.05. The Morgan fingerprint density at radius 2 is 1.66 bits per heavy atom. The lowest BCUT2D eigenvalue weighted by Crippen LogP contribution is -2.55. The van der Waals surface area contributed by atoms with E-state index < -0.39 is 55.0 Å². The Bertz CT molecular complexity index is 1590. The number of benzene rings is 2. The SMILES string of the molecule is O=C(O)C(F)(F)F.O=C(c1cccc2[nH]c(C(F)(F)F)nc12)N1CCC(F)(F)[C@@H](Oc2ccc3ccccc3n2)C1. The van der Waals surface area contributed by atoms with E-state index >= 15 is 0 Å². The second-order valence-electron chi connectivity index (χ2n) is 8.80. The lowest BCUT2D eigenvalue weighted by Gasteiger charge is -2.38. The number of carbonyl (C=O) groups is 2. The van der Waals surface area contributed by atoms with Crippen molar-refractivity contribution in [3.8, 4) is 5.88 Å². The van der Waals surface area contributed by atoms with Crippen LogP contribution in [0, 0.1) is 0 Å². The molecule has 2 aromatic heterocycles. The van der Waals surface area contributed by atoms with Crippen LogP contribution in [-0.4, -0.2) is 68.1 Å². The molecule has 16 heteroatoms. The molecule has 1 aliphatic rings. The summed E-state index contributed by atoms with van der Waals surface area (Å²) in [6.07, 6.45) is -12.2. The Kier molecular flexibility index (Phi) is 7.78. The van der Waals surface area contributed by atoms with Crippen molar-refractivity contribution in [1.82, 2.24) is 19.9 Å². The molecule has 2 N–H and O–H groups in total. The first-order valence-electron chi connectivity index (χ1n) is 11.6. The molecule has 0 radical (unpaired) electrons. The molecule has 1 saturated heterocycles. The number of aromatic nitrogens is 3. The number of carboxylic acids is 1. The number of carboxylic acid groups (broad SMARTS) is 1. The van der Waals surface area contributed by atoms with E-state index in [1.807, 2.05) is 12.1 Å². The van der Waals surface area contributed by atoms with Crippen LogP contribution < -0.4 is 4.74 Å². The maximum Gasteiger partial charge on any atom is 0.490 e. The molecule has 41 heavy (non-hydrogen) atoms. The van der Waals surface area contributed by atoms with E-state index in [-0.39, 0.29) is 29.0 Å². The molecule has 1 aliphatic heterocycles. The quantitative estimate of drug-likeness (QED) is 0.297. The van der Waals surface area contributed by atoms with Gasteiger partial charge in [-0.3, -0.25) is 4.79 Å². The van der Waals surface area contributed by atoms with Crippen LogP contribution in [0.2, 0.25) is 0 Å². The fourth-order valence-corrected chi connectivity index (χ4v) is 3.95. The van der Waals surface area contributed by atoms with Gasteiger partial charge >= 0.3 is 18.3 Å². The second kappa shape index (κ2) is 10.8. The molecular weight excluding hydrogens is 572 g/mol. The molecule has 4 aromatic rings. The highest BCUT2D eigenvalue weighted by Crippen LogP contribution is 2.34. The van der Waals surface area contributed by atoms with Crippen LogP contribution in [0.1, 0.15) is 22.6 Å². The van der Waals surface area contributed by atoms with Crippen LogP contribution >= 0.6 is 0 Å². The number of H-pyrrole nitrogens is 1. The largest absolute Gasteiger partial charge is 0.490 e. The normalized spacial score (nSPS) is 17.2. The van der Waals surface area contributed by atoms with Gasteiger partial charge in [0.1, 0.15) is 5.52 Å². The number of amides is 1. The average molecular weight is 590 g/mol. The summed E-state index contributed by atoms with van der Waals surface area (Å²) in [6.45, 7) is -0.753. The fourth-order valence-electron chi connectivity index (χ4n) is 3.95. The van der Waals surface area contributed by atoms with Gasteiger partial charge in [0.2, 0.25) is 11.7 Å². The molecule has 0 saturated carbocycles. The summed E-state index contributed by atoms with van der Waals surface area (Å²) in [4.78, 5) is 33.1. The molecule has 218 valence electrons. The summed E-state index contributed by atoms with van der Waals surface area (Å²) in [5.74, 6) is -7.95. The van der Waals surface area contributed by atoms with Gasteiger partial charge in [0.05, 0.1) is 23.1 Å². The monoisotopic (exact) mass is 590 g/mol. The molecule has 8 nitrogen and oxygen atoms in total.